The van der Waals surface area contributed by atoms with E-state index in [1.807, 2.05) is 49.4 Å². The number of nitrogens with zero attached hydrogens (tertiary/aromatic N) is 1. The number of carbonyl (C=O) groups excluding carboxylic acids is 1. The number of hydrogen-bond donors (Lipinski definition) is 0. The number of benzene rings is 2. The molecule has 3 nitrogen and oxygen atoms in total. The highest BCUT2D eigenvalue weighted by atomic mass is 79.9. The number of methoxy groups -OCH3 is 1. The molecular formula is C16H16BrNO2. The third kappa shape index (κ3) is 3.02. The van der Waals surface area contributed by atoms with Crippen molar-refractivity contribution in [1.29, 1.82) is 0 Å². The van der Waals surface area contributed by atoms with Gasteiger partial charge in [-0.2, -0.15) is 0 Å². The van der Waals surface area contributed by atoms with Crippen LogP contribution in [0.15, 0.2) is 46.9 Å². The van der Waals surface area contributed by atoms with Crippen molar-refractivity contribution in [3.63, 3.8) is 0 Å². The van der Waals surface area contributed by atoms with Crippen molar-refractivity contribution in [2.45, 2.75) is 6.92 Å². The molecule has 0 atom stereocenters. The summed E-state index contributed by atoms with van der Waals surface area (Å²) in [7, 11) is 3.37. The van der Waals surface area contributed by atoms with E-state index < -0.39 is 0 Å². The molecule has 0 aliphatic heterocycles. The standard InChI is InChI=1S/C16H16BrNO2/c1-11-7-8-12(17)9-15(11)16(19)18(2)13-5-4-6-14(10-13)20-3/h4-10H,1-3H3. The number of halogens is 1. The first-order chi connectivity index (χ1) is 9.52. The first-order valence-corrected chi connectivity index (χ1v) is 7.00. The largest absolute Gasteiger partial charge is 0.497 e. The maximum atomic E-state index is 12.6. The van der Waals surface area contributed by atoms with E-state index in [4.69, 9.17) is 4.74 Å². The van der Waals surface area contributed by atoms with Crippen LogP contribution < -0.4 is 9.64 Å². The molecule has 0 aliphatic rings. The van der Waals surface area contributed by atoms with Crippen LogP contribution >= 0.6 is 15.9 Å². The van der Waals surface area contributed by atoms with Gasteiger partial charge in [-0.05, 0) is 36.8 Å². The lowest BCUT2D eigenvalue weighted by Crippen LogP contribution is -2.26. The van der Waals surface area contributed by atoms with Crippen LogP contribution in [0, 0.1) is 6.92 Å². The highest BCUT2D eigenvalue weighted by Gasteiger charge is 2.16. The molecule has 0 heterocycles. The van der Waals surface area contributed by atoms with Gasteiger partial charge in [-0.1, -0.05) is 28.1 Å². The number of hydrogen-bond acceptors (Lipinski definition) is 2. The SMILES string of the molecule is COc1cccc(N(C)C(=O)c2cc(Br)ccc2C)c1. The fourth-order valence-electron chi connectivity index (χ4n) is 1.94. The average molecular weight is 334 g/mol. The van der Waals surface area contributed by atoms with E-state index in [0.29, 0.717) is 5.56 Å². The van der Waals surface area contributed by atoms with Gasteiger partial charge in [0.05, 0.1) is 7.11 Å². The van der Waals surface area contributed by atoms with Gasteiger partial charge in [-0.15, -0.1) is 0 Å². The van der Waals surface area contributed by atoms with E-state index in [1.165, 1.54) is 0 Å². The maximum Gasteiger partial charge on any atom is 0.258 e. The summed E-state index contributed by atoms with van der Waals surface area (Å²) in [5.41, 5.74) is 2.44. The van der Waals surface area contributed by atoms with Crippen LogP contribution in [-0.2, 0) is 0 Å². The molecule has 2 aromatic rings. The van der Waals surface area contributed by atoms with Crippen molar-refractivity contribution in [3.05, 3.63) is 58.1 Å². The van der Waals surface area contributed by atoms with Crippen molar-refractivity contribution in [1.82, 2.24) is 0 Å². The zero-order chi connectivity index (χ0) is 14.7. The summed E-state index contributed by atoms with van der Waals surface area (Å²) >= 11 is 3.40. The maximum absolute atomic E-state index is 12.6. The molecular weight excluding hydrogens is 318 g/mol. The van der Waals surface area contributed by atoms with Gasteiger partial charge in [0.2, 0.25) is 0 Å². The molecule has 2 aromatic carbocycles. The second kappa shape index (κ2) is 6.09. The summed E-state index contributed by atoms with van der Waals surface area (Å²) in [6.07, 6.45) is 0. The molecule has 0 fully saturated rings. The van der Waals surface area contributed by atoms with Gasteiger partial charge in [0.25, 0.3) is 5.91 Å². The van der Waals surface area contributed by atoms with Crippen molar-refractivity contribution in [2.24, 2.45) is 0 Å². The van der Waals surface area contributed by atoms with Crippen molar-refractivity contribution < 1.29 is 9.53 Å². The predicted molar refractivity (Wildman–Crippen MR) is 84.6 cm³/mol. The van der Waals surface area contributed by atoms with Gasteiger partial charge in [0, 0.05) is 28.8 Å². The fourth-order valence-corrected chi connectivity index (χ4v) is 2.30. The van der Waals surface area contributed by atoms with Crippen LogP contribution in [0.25, 0.3) is 0 Å². The summed E-state index contributed by atoms with van der Waals surface area (Å²) in [5, 5.41) is 0. The number of ether oxygens (including phenoxy) is 1. The normalized spacial score (nSPS) is 10.2. The van der Waals surface area contributed by atoms with E-state index >= 15 is 0 Å². The molecule has 0 bridgehead atoms. The van der Waals surface area contributed by atoms with E-state index in [-0.39, 0.29) is 5.91 Å². The Labute approximate surface area is 127 Å². The minimum Gasteiger partial charge on any atom is -0.497 e. The minimum atomic E-state index is -0.0444. The van der Waals surface area contributed by atoms with E-state index in [1.54, 1.807) is 19.1 Å². The number of amides is 1. The van der Waals surface area contributed by atoms with Crippen LogP contribution in [0.3, 0.4) is 0 Å². The molecule has 0 aliphatic carbocycles. The second-order valence-corrected chi connectivity index (χ2v) is 5.44. The third-order valence-electron chi connectivity index (χ3n) is 3.18. The Kier molecular flexibility index (Phi) is 4.45. The van der Waals surface area contributed by atoms with Crippen LogP contribution in [0.5, 0.6) is 5.75 Å². The van der Waals surface area contributed by atoms with E-state index in [0.717, 1.165) is 21.5 Å². The number of anilines is 1. The molecule has 0 radical (unpaired) electrons. The smallest absolute Gasteiger partial charge is 0.258 e. The van der Waals surface area contributed by atoms with Gasteiger partial charge >= 0.3 is 0 Å². The Morgan fingerprint density at radius 1 is 1.20 bits per heavy atom. The number of aryl methyl sites for hydroxylation is 1. The van der Waals surface area contributed by atoms with Crippen molar-refractivity contribution in [2.75, 3.05) is 19.1 Å². The van der Waals surface area contributed by atoms with Crippen LogP contribution in [0.2, 0.25) is 0 Å². The molecule has 1 amide bonds. The lowest BCUT2D eigenvalue weighted by molar-refractivity contribution is 0.0992. The second-order valence-electron chi connectivity index (χ2n) is 4.52. The minimum absolute atomic E-state index is 0.0444. The van der Waals surface area contributed by atoms with Crippen LogP contribution in [0.4, 0.5) is 5.69 Å². The van der Waals surface area contributed by atoms with Gasteiger partial charge in [-0.25, -0.2) is 0 Å². The fraction of sp³-hybridized carbons (Fsp3) is 0.188. The number of carbonyl (C=O) groups is 1. The quantitative estimate of drug-likeness (QED) is 0.848. The topological polar surface area (TPSA) is 29.5 Å². The highest BCUT2D eigenvalue weighted by molar-refractivity contribution is 9.10. The van der Waals surface area contributed by atoms with Crippen molar-refractivity contribution >= 4 is 27.5 Å². The van der Waals surface area contributed by atoms with E-state index in [2.05, 4.69) is 15.9 Å². The Morgan fingerprint density at radius 2 is 1.95 bits per heavy atom. The molecule has 4 heteroatoms. The van der Waals surface area contributed by atoms with Crippen LogP contribution in [-0.4, -0.2) is 20.1 Å². The first-order valence-electron chi connectivity index (χ1n) is 6.21. The lowest BCUT2D eigenvalue weighted by atomic mass is 10.1. The molecule has 0 aromatic heterocycles. The summed E-state index contributed by atoms with van der Waals surface area (Å²) in [6.45, 7) is 1.93. The molecule has 0 spiro atoms. The first kappa shape index (κ1) is 14.6. The molecule has 2 rings (SSSR count). The van der Waals surface area contributed by atoms with E-state index in [9.17, 15) is 4.79 Å². The van der Waals surface area contributed by atoms with Gasteiger partial charge in [0.15, 0.2) is 0 Å². The number of rotatable bonds is 3. The Balaban J connectivity index is 2.34. The zero-order valence-electron chi connectivity index (χ0n) is 11.7. The molecule has 0 saturated heterocycles. The van der Waals surface area contributed by atoms with Gasteiger partial charge in [-0.3, -0.25) is 4.79 Å². The Hall–Kier alpha value is -1.81. The molecule has 0 N–H and O–H groups in total. The molecule has 104 valence electrons. The Morgan fingerprint density at radius 3 is 2.65 bits per heavy atom. The van der Waals surface area contributed by atoms with Crippen LogP contribution in [0.1, 0.15) is 15.9 Å². The predicted octanol–water partition coefficient (Wildman–Crippen LogP) is 4.04. The summed E-state index contributed by atoms with van der Waals surface area (Å²) in [6, 6.07) is 13.1. The Bertz CT molecular complexity index is 640. The molecule has 0 saturated carbocycles. The monoisotopic (exact) mass is 333 g/mol. The lowest BCUT2D eigenvalue weighted by Gasteiger charge is -2.19. The van der Waals surface area contributed by atoms with Gasteiger partial charge < -0.3 is 9.64 Å². The van der Waals surface area contributed by atoms with Gasteiger partial charge in [0.1, 0.15) is 5.75 Å². The zero-order valence-corrected chi connectivity index (χ0v) is 13.3. The third-order valence-corrected chi connectivity index (χ3v) is 3.67. The summed E-state index contributed by atoms with van der Waals surface area (Å²) in [5.74, 6) is 0.685. The molecule has 0 unspecified atom stereocenters. The summed E-state index contributed by atoms with van der Waals surface area (Å²) < 4.78 is 6.08. The van der Waals surface area contributed by atoms with Crippen molar-refractivity contribution in [3.8, 4) is 5.75 Å². The summed E-state index contributed by atoms with van der Waals surface area (Å²) in [4.78, 5) is 14.2. The molecule has 20 heavy (non-hydrogen) atoms. The highest BCUT2D eigenvalue weighted by Crippen LogP contribution is 2.23. The average Bonchev–Trinajstić information content (AvgIpc) is 2.48.